The minimum atomic E-state index is -1.42. The smallest absolute Gasteiger partial charge is 0.407 e. The number of piperidine rings is 1. The molecule has 14 N–H and O–H groups in total. The molecule has 13 amide bonds. The van der Waals surface area contributed by atoms with Crippen LogP contribution in [0.2, 0.25) is 0 Å². The molecule has 0 spiro atoms. The molecule has 738 valence electrons. The van der Waals surface area contributed by atoms with Crippen LogP contribution in [0.3, 0.4) is 0 Å². The first-order valence-corrected chi connectivity index (χ1v) is 48.0. The van der Waals surface area contributed by atoms with Gasteiger partial charge in [0.25, 0.3) is 5.91 Å². The number of aromatic nitrogens is 1. The van der Waals surface area contributed by atoms with Crippen LogP contribution in [0.25, 0.3) is 0 Å². The fraction of sp³-hybridized carbons (Fsp3) is 0.570. The maximum absolute atomic E-state index is 15.1. The van der Waals surface area contributed by atoms with E-state index in [0.29, 0.717) is 65.6 Å². The average Bonchev–Trinajstić information content (AvgIpc) is 1.72. The van der Waals surface area contributed by atoms with E-state index in [9.17, 15) is 72.5 Å². The zero-order valence-electron chi connectivity index (χ0n) is 81.1. The van der Waals surface area contributed by atoms with Gasteiger partial charge in [0.1, 0.15) is 54.1 Å². The first-order chi connectivity index (χ1) is 64.0. The molecule has 0 saturated carbocycles. The number of ether oxygens (including phenoxy) is 3. The predicted octanol–water partition coefficient (Wildman–Crippen LogP) is 11.4. The van der Waals surface area contributed by atoms with Crippen LogP contribution in [-0.4, -0.2) is 210 Å². The van der Waals surface area contributed by atoms with Gasteiger partial charge >= 0.3 is 24.1 Å². The summed E-state index contributed by atoms with van der Waals surface area (Å²) in [6.45, 7) is 27.6. The van der Waals surface area contributed by atoms with Gasteiger partial charge in [-0.25, -0.2) is 14.6 Å². The molecule has 0 aliphatic carbocycles. The van der Waals surface area contributed by atoms with Gasteiger partial charge in [0, 0.05) is 104 Å². The number of likely N-dealkylation sites (N-methyl/N-ethyl adjacent to an activating group) is 1. The summed E-state index contributed by atoms with van der Waals surface area (Å²) in [5.41, 5.74) is 7.60. The molecular weight excluding hydrogens is 1750 g/mol. The predicted molar refractivity (Wildman–Crippen MR) is 516 cm³/mol. The second-order valence-corrected chi connectivity index (χ2v) is 39.0. The number of urea groups is 1. The molecule has 34 nitrogen and oxygen atoms in total. The number of nitrogens with zero attached hydrogens (tertiary/aromatic N) is 4. The number of anilines is 3. The zero-order valence-corrected chi connectivity index (χ0v) is 81.9. The molecule has 2 aliphatic rings. The maximum Gasteiger partial charge on any atom is 0.407 e. The molecule has 5 aromatic rings. The van der Waals surface area contributed by atoms with Gasteiger partial charge in [0.15, 0.2) is 0 Å². The van der Waals surface area contributed by atoms with Crippen molar-refractivity contribution < 1.29 is 91.5 Å². The number of thiazole rings is 1. The lowest BCUT2D eigenvalue weighted by Crippen LogP contribution is -2.59. The second-order valence-electron chi connectivity index (χ2n) is 38.1. The third kappa shape index (κ3) is 36.7. The Bertz CT molecular complexity index is 4890. The van der Waals surface area contributed by atoms with Gasteiger partial charge < -0.3 is 93.1 Å². The summed E-state index contributed by atoms with van der Waals surface area (Å²) in [7, 11) is 1.96. The van der Waals surface area contributed by atoms with Gasteiger partial charge in [-0.1, -0.05) is 175 Å². The lowest BCUT2D eigenvalue weighted by molar-refractivity contribution is -0.147. The number of aliphatic carboxylic acids is 2. The number of nitrogens with two attached hydrogens (primary N) is 1. The molecule has 1 fully saturated rings. The first-order valence-electron chi connectivity index (χ1n) is 47.1. The quantitative estimate of drug-likeness (QED) is 0.0127. The molecule has 0 unspecified atom stereocenters. The van der Waals surface area contributed by atoms with Crippen LogP contribution in [0.15, 0.2) is 102 Å². The van der Waals surface area contributed by atoms with E-state index in [1.54, 1.807) is 88.2 Å². The summed E-state index contributed by atoms with van der Waals surface area (Å²) in [4.78, 5) is 199. The molecule has 9 atom stereocenters. The number of carbonyl (C=O) groups excluding carboxylic acids is 12. The van der Waals surface area contributed by atoms with Crippen molar-refractivity contribution in [3.8, 4) is 11.8 Å². The van der Waals surface area contributed by atoms with E-state index in [1.165, 1.54) is 23.5 Å². The molecule has 2 aliphatic heterocycles. The number of alkyl carbamates (subject to hydrolysis) is 1. The van der Waals surface area contributed by atoms with Gasteiger partial charge in [0.2, 0.25) is 53.2 Å². The molecule has 0 bridgehead atoms. The van der Waals surface area contributed by atoms with Gasteiger partial charge in [-0.2, -0.15) is 0 Å². The largest absolute Gasteiger partial charge is 0.481 e. The highest BCUT2D eigenvalue weighted by Crippen LogP contribution is 2.35. The summed E-state index contributed by atoms with van der Waals surface area (Å²) in [5.74, 6) is -1.64. The number of likely N-dealkylation sites (tertiary alicyclic amines) is 1. The number of carboxylic acids is 2. The molecule has 3 heterocycles. The number of primary amides is 1. The average molecular weight is 1890 g/mol. The Morgan fingerprint density at radius 3 is 1.96 bits per heavy atom. The first kappa shape index (κ1) is 110. The standard InChI is InChI=1S/C100H143N15O19S/c1-16-19-20-26-51-114(94(127)87(65(8)17-2)112-91(125)78-34-25-27-50-113(78)15)79(63(4)5)53-80(133-18-3)93-110-76(59-135-93)90(124)107-73(54-100(13,14)95(128)129)52-66-35-41-71(42-36-66)105-83(118)56-103-97(131)134-58-67-37-43-72(44-38-67)106-88(122)74(32-28-49-102-96(101)130)109-92(126)86(64(6)7)111-89(123)75(45-48-85(120)121)108-82(117)55-98(9,10)61-132-62-99(11,12)60-104-81(116)46-47-84(119)115-57-70-31-22-21-29-68(70)39-40-69-30-23-24-33-77(69)115/h21-24,29-31,33,35-38,41-44,59,63-65,73-75,78-80,86-87H,16-20,25-28,32,34,45-58,60-62H2,1-15H3,(H,103,131)(H,104,116)(H,105,118)(H,106,122)(H,107,124)(H,108,117)(H,109,126)(H,111,123)(H,112,125)(H,120,121)(H,128,129)(H3,101,102,130)/t65-,73-,74-,75-,78+,79+,80+,86-,87-/m0/s1. The van der Waals surface area contributed by atoms with Crippen molar-refractivity contribution in [2.24, 2.45) is 39.7 Å². The third-order valence-corrected chi connectivity index (χ3v) is 25.0. The Morgan fingerprint density at radius 1 is 0.652 bits per heavy atom. The highest BCUT2D eigenvalue weighted by atomic mass is 32.1. The summed E-state index contributed by atoms with van der Waals surface area (Å²) in [6, 6.07) is 20.9. The Labute approximate surface area is 797 Å². The van der Waals surface area contributed by atoms with Crippen molar-refractivity contribution in [3.63, 3.8) is 0 Å². The molecule has 135 heavy (non-hydrogen) atoms. The molecule has 1 aromatic heterocycles. The number of amides is 13. The summed E-state index contributed by atoms with van der Waals surface area (Å²) < 4.78 is 17.9. The number of benzene rings is 4. The highest BCUT2D eigenvalue weighted by Gasteiger charge is 2.41. The number of carboxylic acid groups (broad SMARTS) is 2. The van der Waals surface area contributed by atoms with Crippen LogP contribution in [-0.2, 0) is 86.5 Å². The van der Waals surface area contributed by atoms with Crippen LogP contribution >= 0.6 is 11.3 Å². The monoisotopic (exact) mass is 1890 g/mol. The van der Waals surface area contributed by atoms with Crippen LogP contribution < -0.4 is 63.8 Å². The Hall–Kier alpha value is -11.9. The summed E-state index contributed by atoms with van der Waals surface area (Å²) >= 11 is 1.26. The fourth-order valence-corrected chi connectivity index (χ4v) is 16.9. The number of nitrogens with one attached hydrogen (secondary N) is 10. The van der Waals surface area contributed by atoms with Crippen molar-refractivity contribution in [3.05, 3.63) is 141 Å². The van der Waals surface area contributed by atoms with Crippen molar-refractivity contribution in [2.75, 3.05) is 75.1 Å². The highest BCUT2D eigenvalue weighted by molar-refractivity contribution is 7.09. The van der Waals surface area contributed by atoms with E-state index < -0.39 is 131 Å². The lowest BCUT2D eigenvalue weighted by Gasteiger charge is -2.40. The van der Waals surface area contributed by atoms with Crippen LogP contribution in [0.4, 0.5) is 26.7 Å². The topological polar surface area (TPSA) is 476 Å². The zero-order chi connectivity index (χ0) is 99.3. The summed E-state index contributed by atoms with van der Waals surface area (Å²) in [6.07, 6.45) is 5.13. The van der Waals surface area contributed by atoms with Crippen molar-refractivity contribution in [1.82, 2.24) is 57.3 Å². The number of carbonyl (C=O) groups is 14. The normalized spacial score (nSPS) is 15.1. The Morgan fingerprint density at radius 2 is 1.31 bits per heavy atom. The molecule has 7 rings (SSSR count). The molecule has 1 saturated heterocycles. The maximum atomic E-state index is 15.1. The Balaban J connectivity index is 0.878. The summed E-state index contributed by atoms with van der Waals surface area (Å²) in [5, 5.41) is 49.7. The van der Waals surface area contributed by atoms with Crippen LogP contribution in [0, 0.1) is 45.8 Å². The minimum Gasteiger partial charge on any atom is -0.481 e. The number of para-hydroxylation sites is 1. The lowest BCUT2D eigenvalue weighted by atomic mass is 9.84. The number of rotatable bonds is 55. The molecule has 0 radical (unpaired) electrons. The van der Waals surface area contributed by atoms with Crippen molar-refractivity contribution in [2.45, 2.75) is 274 Å². The third-order valence-electron chi connectivity index (χ3n) is 24.1. The van der Waals surface area contributed by atoms with E-state index in [4.69, 9.17) is 24.9 Å². The molecule has 35 heteroatoms. The van der Waals surface area contributed by atoms with Gasteiger partial charge in [-0.3, -0.25) is 62.4 Å². The molecular formula is C100H143N15O19S. The van der Waals surface area contributed by atoms with E-state index in [0.717, 1.165) is 62.6 Å². The van der Waals surface area contributed by atoms with Gasteiger partial charge in [-0.05, 0) is 168 Å². The van der Waals surface area contributed by atoms with E-state index >= 15 is 4.79 Å². The molecule has 4 aromatic carbocycles. The van der Waals surface area contributed by atoms with E-state index in [2.05, 4.69) is 90.7 Å². The van der Waals surface area contributed by atoms with Crippen LogP contribution in [0.5, 0.6) is 0 Å². The van der Waals surface area contributed by atoms with Crippen molar-refractivity contribution >= 4 is 112 Å². The van der Waals surface area contributed by atoms with E-state index in [-0.39, 0.29) is 143 Å². The Kier molecular flexibility index (Phi) is 44.1. The minimum absolute atomic E-state index is 0.0273. The number of unbranched alkanes of at least 4 members (excludes halogenated alkanes) is 3. The number of hydrogen-bond donors (Lipinski definition) is 13. The van der Waals surface area contributed by atoms with Gasteiger partial charge in [-0.15, -0.1) is 11.3 Å². The number of fused-ring (bicyclic) bond motifs is 2. The van der Waals surface area contributed by atoms with Crippen molar-refractivity contribution in [1.29, 1.82) is 0 Å². The van der Waals surface area contributed by atoms with E-state index in [1.807, 2.05) is 95.1 Å². The van der Waals surface area contributed by atoms with Crippen LogP contribution in [0.1, 0.15) is 256 Å². The second kappa shape index (κ2) is 54.0. The fourth-order valence-electron chi connectivity index (χ4n) is 16.0. The number of hydrogen-bond acceptors (Lipinski definition) is 20. The van der Waals surface area contributed by atoms with Gasteiger partial charge in [0.05, 0.1) is 36.9 Å². The SMILES string of the molecule is CCCCCCN(C(=O)[C@@H](NC(=O)[C@H]1CCCCN1C)[C@@H](C)CC)[C@H](C[C@@H](OCC)c1nc(C(=O)N[C@@H](Cc2ccc(NC(=O)CNC(=O)OCc3ccc(NC(=O)[C@H](CCCNC(N)=O)NC(=O)[C@@H](NC(=O)[C@H](CCC(=O)O)NC(=O)CC(C)(C)COCC(C)(C)CNC(=O)CCC(=O)N4Cc5ccccc5C#Cc5ccccc54)C(C)C)cc3)cc2)CC(C)(C)C(=O)O)cs1)C(C)C.